The second kappa shape index (κ2) is 8.82. The van der Waals surface area contributed by atoms with E-state index in [2.05, 4.69) is 5.32 Å². The first-order chi connectivity index (χ1) is 14.3. The quantitative estimate of drug-likeness (QED) is 0.637. The summed E-state index contributed by atoms with van der Waals surface area (Å²) >= 11 is 0. The molecule has 0 saturated carbocycles. The van der Waals surface area contributed by atoms with Crippen molar-refractivity contribution in [1.29, 1.82) is 0 Å². The van der Waals surface area contributed by atoms with Gasteiger partial charge in [-0.15, -0.1) is 0 Å². The van der Waals surface area contributed by atoms with E-state index in [-0.39, 0.29) is 12.5 Å². The van der Waals surface area contributed by atoms with Gasteiger partial charge in [0.05, 0.1) is 12.3 Å². The second-order valence-electron chi connectivity index (χ2n) is 7.13. The SMILES string of the molecule is CCOc1ccccc1-n1ccn(CC(=O)Nc2c(C)cc(C)cc2C)c(=O)c1=O. The number of carbonyl (C=O) groups is 1. The topological polar surface area (TPSA) is 82.3 Å². The fourth-order valence-corrected chi connectivity index (χ4v) is 3.47. The molecule has 0 atom stereocenters. The van der Waals surface area contributed by atoms with Crippen molar-refractivity contribution >= 4 is 11.6 Å². The molecule has 0 bridgehead atoms. The van der Waals surface area contributed by atoms with Gasteiger partial charge in [0, 0.05) is 18.1 Å². The molecule has 0 radical (unpaired) electrons. The average molecular weight is 407 g/mol. The maximum Gasteiger partial charge on any atom is 0.321 e. The molecule has 0 spiro atoms. The Labute approximate surface area is 174 Å². The van der Waals surface area contributed by atoms with Crippen LogP contribution in [0.25, 0.3) is 5.69 Å². The molecule has 1 aromatic heterocycles. The van der Waals surface area contributed by atoms with Gasteiger partial charge < -0.3 is 10.1 Å². The van der Waals surface area contributed by atoms with Crippen LogP contribution in [0, 0.1) is 20.8 Å². The number of aryl methyl sites for hydroxylation is 3. The first-order valence-electron chi connectivity index (χ1n) is 9.73. The second-order valence-corrected chi connectivity index (χ2v) is 7.13. The van der Waals surface area contributed by atoms with Crippen LogP contribution in [0.3, 0.4) is 0 Å². The number of amides is 1. The highest BCUT2D eigenvalue weighted by molar-refractivity contribution is 5.92. The number of rotatable bonds is 6. The van der Waals surface area contributed by atoms with Crippen molar-refractivity contribution < 1.29 is 9.53 Å². The summed E-state index contributed by atoms with van der Waals surface area (Å²) in [5, 5.41) is 2.85. The zero-order chi connectivity index (χ0) is 21.8. The van der Waals surface area contributed by atoms with Crippen molar-refractivity contribution in [2.45, 2.75) is 34.2 Å². The fourth-order valence-electron chi connectivity index (χ4n) is 3.47. The molecule has 3 rings (SSSR count). The van der Waals surface area contributed by atoms with Crippen LogP contribution in [0.15, 0.2) is 58.4 Å². The number of hydrogen-bond acceptors (Lipinski definition) is 4. The van der Waals surface area contributed by atoms with Crippen LogP contribution in [0.2, 0.25) is 0 Å². The van der Waals surface area contributed by atoms with Gasteiger partial charge >= 0.3 is 11.1 Å². The predicted octanol–water partition coefficient (Wildman–Crippen LogP) is 2.96. The van der Waals surface area contributed by atoms with Crippen molar-refractivity contribution in [3.05, 3.63) is 86.2 Å². The number of ether oxygens (including phenoxy) is 1. The molecule has 0 aliphatic rings. The van der Waals surface area contributed by atoms with Crippen molar-refractivity contribution in [2.75, 3.05) is 11.9 Å². The van der Waals surface area contributed by atoms with Crippen LogP contribution < -0.4 is 21.2 Å². The monoisotopic (exact) mass is 407 g/mol. The summed E-state index contributed by atoms with van der Waals surface area (Å²) in [6.45, 7) is 7.84. The Hall–Kier alpha value is -3.61. The number of nitrogens with zero attached hydrogens (tertiary/aromatic N) is 2. The number of hydrogen-bond donors (Lipinski definition) is 1. The molecule has 0 unspecified atom stereocenters. The predicted molar refractivity (Wildman–Crippen MR) is 117 cm³/mol. The molecule has 0 saturated heterocycles. The van der Waals surface area contributed by atoms with Crippen molar-refractivity contribution in [3.63, 3.8) is 0 Å². The van der Waals surface area contributed by atoms with Gasteiger partial charge in [0.2, 0.25) is 5.91 Å². The van der Waals surface area contributed by atoms with Crippen LogP contribution in [0.5, 0.6) is 5.75 Å². The summed E-state index contributed by atoms with van der Waals surface area (Å²) in [7, 11) is 0. The minimum absolute atomic E-state index is 0.255. The lowest BCUT2D eigenvalue weighted by molar-refractivity contribution is -0.116. The van der Waals surface area contributed by atoms with Crippen LogP contribution in [-0.2, 0) is 11.3 Å². The van der Waals surface area contributed by atoms with E-state index in [0.717, 1.165) is 26.9 Å². The molecule has 7 nitrogen and oxygen atoms in total. The first-order valence-corrected chi connectivity index (χ1v) is 9.73. The molecule has 156 valence electrons. The van der Waals surface area contributed by atoms with Crippen molar-refractivity contribution in [3.8, 4) is 11.4 Å². The molecular formula is C23H25N3O4. The molecule has 0 aliphatic heterocycles. The highest BCUT2D eigenvalue weighted by Crippen LogP contribution is 2.22. The summed E-state index contributed by atoms with van der Waals surface area (Å²) in [5.74, 6) is 0.126. The van der Waals surface area contributed by atoms with Gasteiger partial charge in [0.15, 0.2) is 0 Å². The Morgan fingerprint density at radius 3 is 2.33 bits per heavy atom. The number of aromatic nitrogens is 2. The Balaban J connectivity index is 1.88. The standard InChI is InChI=1S/C23H25N3O4/c1-5-30-19-9-7-6-8-18(19)26-11-10-25(22(28)23(26)29)14-20(27)24-21-16(3)12-15(2)13-17(21)4/h6-13H,5,14H2,1-4H3,(H,24,27). The van der Waals surface area contributed by atoms with Crippen LogP contribution >= 0.6 is 0 Å². The number of nitrogens with one attached hydrogen (secondary N) is 1. The Morgan fingerprint density at radius 1 is 1.00 bits per heavy atom. The maximum atomic E-state index is 12.7. The van der Waals surface area contributed by atoms with E-state index in [0.29, 0.717) is 18.0 Å². The van der Waals surface area contributed by atoms with E-state index in [9.17, 15) is 14.4 Å². The van der Waals surface area contributed by atoms with E-state index < -0.39 is 11.1 Å². The van der Waals surface area contributed by atoms with Gasteiger partial charge in [-0.05, 0) is 51.0 Å². The molecule has 7 heteroatoms. The molecule has 0 fully saturated rings. The van der Waals surface area contributed by atoms with Crippen LogP contribution in [0.4, 0.5) is 5.69 Å². The fraction of sp³-hybridized carbons (Fsp3) is 0.261. The lowest BCUT2D eigenvalue weighted by Gasteiger charge is -2.14. The molecule has 30 heavy (non-hydrogen) atoms. The molecule has 2 aromatic carbocycles. The van der Waals surface area contributed by atoms with Crippen LogP contribution in [0.1, 0.15) is 23.6 Å². The summed E-state index contributed by atoms with van der Waals surface area (Å²) in [6, 6.07) is 10.9. The number of anilines is 1. The third-order valence-corrected chi connectivity index (χ3v) is 4.74. The van der Waals surface area contributed by atoms with Gasteiger partial charge in [-0.1, -0.05) is 29.8 Å². The Morgan fingerprint density at radius 2 is 1.67 bits per heavy atom. The minimum Gasteiger partial charge on any atom is -0.492 e. The minimum atomic E-state index is -0.781. The highest BCUT2D eigenvalue weighted by atomic mass is 16.5. The molecular weight excluding hydrogens is 382 g/mol. The Bertz CT molecular complexity index is 1180. The van der Waals surface area contributed by atoms with E-state index in [1.54, 1.807) is 24.3 Å². The molecule has 3 aromatic rings. The third kappa shape index (κ3) is 4.35. The lowest BCUT2D eigenvalue weighted by Crippen LogP contribution is -2.41. The van der Waals surface area contributed by atoms with Gasteiger partial charge in [0.25, 0.3) is 0 Å². The van der Waals surface area contributed by atoms with E-state index >= 15 is 0 Å². The molecule has 1 heterocycles. The first kappa shape index (κ1) is 21.1. The highest BCUT2D eigenvalue weighted by Gasteiger charge is 2.14. The zero-order valence-corrected chi connectivity index (χ0v) is 17.6. The maximum absolute atomic E-state index is 12.7. The van der Waals surface area contributed by atoms with Gasteiger partial charge in [-0.3, -0.25) is 23.5 Å². The van der Waals surface area contributed by atoms with E-state index in [1.807, 2.05) is 39.8 Å². The molecule has 0 aliphatic carbocycles. The smallest absolute Gasteiger partial charge is 0.321 e. The largest absolute Gasteiger partial charge is 0.492 e. The van der Waals surface area contributed by atoms with E-state index in [4.69, 9.17) is 4.74 Å². The van der Waals surface area contributed by atoms with Gasteiger partial charge in [-0.2, -0.15) is 0 Å². The summed E-state index contributed by atoms with van der Waals surface area (Å²) in [4.78, 5) is 37.8. The van der Waals surface area contributed by atoms with E-state index in [1.165, 1.54) is 17.0 Å². The number of carbonyl (C=O) groups excluding carboxylic acids is 1. The normalized spacial score (nSPS) is 10.7. The van der Waals surface area contributed by atoms with Gasteiger partial charge in [0.1, 0.15) is 12.3 Å². The van der Waals surface area contributed by atoms with Crippen molar-refractivity contribution in [1.82, 2.24) is 9.13 Å². The molecule has 1 amide bonds. The average Bonchev–Trinajstić information content (AvgIpc) is 2.69. The molecule has 1 N–H and O–H groups in total. The van der Waals surface area contributed by atoms with Gasteiger partial charge in [-0.25, -0.2) is 0 Å². The van der Waals surface area contributed by atoms with Crippen molar-refractivity contribution in [2.24, 2.45) is 0 Å². The van der Waals surface area contributed by atoms with Crippen LogP contribution in [-0.4, -0.2) is 21.6 Å². The summed E-state index contributed by atoms with van der Waals surface area (Å²) < 4.78 is 7.89. The third-order valence-electron chi connectivity index (χ3n) is 4.74. The lowest BCUT2D eigenvalue weighted by atomic mass is 10.1. The summed E-state index contributed by atoms with van der Waals surface area (Å²) in [5.41, 5.74) is 2.65. The number of benzene rings is 2. The Kier molecular flexibility index (Phi) is 6.20. The zero-order valence-electron chi connectivity index (χ0n) is 17.6. The number of para-hydroxylation sites is 2. The summed E-state index contributed by atoms with van der Waals surface area (Å²) in [6.07, 6.45) is 2.90.